The van der Waals surface area contributed by atoms with Crippen molar-refractivity contribution in [3.05, 3.63) is 52.7 Å². The van der Waals surface area contributed by atoms with Crippen molar-refractivity contribution < 1.29 is 9.32 Å². The number of nitrogens with one attached hydrogen (secondary N) is 1. The van der Waals surface area contributed by atoms with Gasteiger partial charge in [0.05, 0.1) is 20.1 Å². The smallest absolute Gasteiger partial charge is 0.227 e. The lowest BCUT2D eigenvalue weighted by atomic mass is 10.2. The molecule has 138 valence electrons. The van der Waals surface area contributed by atoms with E-state index in [0.29, 0.717) is 31.1 Å². The molecule has 0 radical (unpaired) electrons. The Balaban J connectivity index is 1.18. The number of thiophene rings is 1. The first-order valence-corrected chi connectivity index (χ1v) is 10.4. The average Bonchev–Trinajstić information content (AvgIpc) is 3.43. The molecule has 1 amide bonds. The van der Waals surface area contributed by atoms with Gasteiger partial charge in [0.2, 0.25) is 17.6 Å². The predicted molar refractivity (Wildman–Crippen MR) is 107 cm³/mol. The largest absolute Gasteiger partial charge is 0.356 e. The lowest BCUT2D eigenvalue weighted by Crippen LogP contribution is -2.25. The number of hydrogen-bond donors (Lipinski definition) is 1. The molecule has 0 aliphatic heterocycles. The summed E-state index contributed by atoms with van der Waals surface area (Å²) in [6, 6.07) is 12.0. The summed E-state index contributed by atoms with van der Waals surface area (Å²) in [4.78, 5) is 21.9. The van der Waals surface area contributed by atoms with E-state index in [1.807, 2.05) is 35.7 Å². The van der Waals surface area contributed by atoms with Crippen molar-refractivity contribution in [2.75, 3.05) is 6.54 Å². The van der Waals surface area contributed by atoms with Crippen LogP contribution in [0.4, 0.5) is 0 Å². The van der Waals surface area contributed by atoms with E-state index in [1.54, 1.807) is 22.7 Å². The topological polar surface area (TPSA) is 80.9 Å². The fraction of sp³-hybridized carbons (Fsp3) is 0.263. The number of thiazole rings is 1. The van der Waals surface area contributed by atoms with Gasteiger partial charge in [-0.1, -0.05) is 23.4 Å². The van der Waals surface area contributed by atoms with Crippen LogP contribution in [0.15, 0.2) is 46.3 Å². The lowest BCUT2D eigenvalue weighted by Gasteiger charge is -2.02. The van der Waals surface area contributed by atoms with Crippen LogP contribution >= 0.6 is 22.7 Å². The minimum absolute atomic E-state index is 0.00447. The number of amides is 1. The summed E-state index contributed by atoms with van der Waals surface area (Å²) in [6.45, 7) is 0.638. The zero-order valence-electron chi connectivity index (χ0n) is 14.6. The summed E-state index contributed by atoms with van der Waals surface area (Å²) >= 11 is 3.27. The second-order valence-corrected chi connectivity index (χ2v) is 8.08. The van der Waals surface area contributed by atoms with E-state index in [-0.39, 0.29) is 5.91 Å². The van der Waals surface area contributed by atoms with E-state index < -0.39 is 0 Å². The Bertz CT molecular complexity index is 990. The van der Waals surface area contributed by atoms with Crippen molar-refractivity contribution >= 4 is 38.8 Å². The number of carbonyl (C=O) groups excluding carboxylic acids is 1. The van der Waals surface area contributed by atoms with Crippen molar-refractivity contribution in [3.63, 3.8) is 0 Å². The van der Waals surface area contributed by atoms with E-state index >= 15 is 0 Å². The normalized spacial score (nSPS) is 11.1. The quantitative estimate of drug-likeness (QED) is 0.452. The number of aromatic nitrogens is 3. The molecule has 0 atom stereocenters. The highest BCUT2D eigenvalue weighted by atomic mass is 32.1. The molecule has 0 saturated carbocycles. The maximum atomic E-state index is 12.0. The summed E-state index contributed by atoms with van der Waals surface area (Å²) < 4.78 is 6.42. The first-order valence-electron chi connectivity index (χ1n) is 8.75. The van der Waals surface area contributed by atoms with Gasteiger partial charge in [-0.25, -0.2) is 4.98 Å². The molecule has 6 nitrogen and oxygen atoms in total. The standard InChI is InChI=1S/C19H18N4O2S2/c24-16(9-10-17-22-19(23-25-17)15-7-4-12-26-15)20-11-3-8-18-21-13-5-1-2-6-14(13)27-18/h1-2,4-7,12H,3,8-11H2,(H,20,24). The summed E-state index contributed by atoms with van der Waals surface area (Å²) in [7, 11) is 0. The Kier molecular flexibility index (Phi) is 5.55. The lowest BCUT2D eigenvalue weighted by molar-refractivity contribution is -0.121. The zero-order chi connectivity index (χ0) is 18.5. The van der Waals surface area contributed by atoms with Gasteiger partial charge in [0.25, 0.3) is 0 Å². The fourth-order valence-corrected chi connectivity index (χ4v) is 4.32. The number of nitrogens with zero attached hydrogens (tertiary/aromatic N) is 3. The molecule has 27 heavy (non-hydrogen) atoms. The van der Waals surface area contributed by atoms with Crippen molar-refractivity contribution in [2.45, 2.75) is 25.7 Å². The first kappa shape index (κ1) is 17.8. The van der Waals surface area contributed by atoms with Crippen LogP contribution in [0.3, 0.4) is 0 Å². The van der Waals surface area contributed by atoms with Crippen LogP contribution in [0.2, 0.25) is 0 Å². The third kappa shape index (κ3) is 4.58. The second-order valence-electron chi connectivity index (χ2n) is 6.02. The molecular formula is C19H18N4O2S2. The molecule has 8 heteroatoms. The fourth-order valence-electron chi connectivity index (χ4n) is 2.67. The Morgan fingerprint density at radius 2 is 2.04 bits per heavy atom. The minimum atomic E-state index is -0.00447. The van der Waals surface area contributed by atoms with Crippen LogP contribution in [0.1, 0.15) is 23.7 Å². The van der Waals surface area contributed by atoms with E-state index in [0.717, 1.165) is 28.2 Å². The molecule has 0 unspecified atom stereocenters. The summed E-state index contributed by atoms with van der Waals surface area (Å²) in [5.74, 6) is 1.06. The van der Waals surface area contributed by atoms with Gasteiger partial charge >= 0.3 is 0 Å². The number of hydrogen-bond acceptors (Lipinski definition) is 7. The number of rotatable bonds is 8. The van der Waals surface area contributed by atoms with Gasteiger partial charge in [-0.3, -0.25) is 4.79 Å². The van der Waals surface area contributed by atoms with E-state index in [1.165, 1.54) is 4.70 Å². The molecule has 0 saturated heterocycles. The van der Waals surface area contributed by atoms with Gasteiger partial charge < -0.3 is 9.84 Å². The van der Waals surface area contributed by atoms with Gasteiger partial charge in [-0.15, -0.1) is 22.7 Å². The van der Waals surface area contributed by atoms with Crippen LogP contribution in [0.5, 0.6) is 0 Å². The Hall–Kier alpha value is -2.58. The summed E-state index contributed by atoms with van der Waals surface area (Å²) in [6.07, 6.45) is 2.53. The third-order valence-corrected chi connectivity index (χ3v) is 5.97. The zero-order valence-corrected chi connectivity index (χ0v) is 16.2. The molecule has 0 bridgehead atoms. The number of para-hydroxylation sites is 1. The van der Waals surface area contributed by atoms with Gasteiger partial charge in [0.1, 0.15) is 0 Å². The van der Waals surface area contributed by atoms with Crippen molar-refractivity contribution in [2.24, 2.45) is 0 Å². The third-order valence-electron chi connectivity index (χ3n) is 4.00. The van der Waals surface area contributed by atoms with E-state index in [4.69, 9.17) is 4.52 Å². The molecule has 1 aromatic carbocycles. The van der Waals surface area contributed by atoms with Crippen LogP contribution in [-0.2, 0) is 17.6 Å². The number of carbonyl (C=O) groups is 1. The molecule has 0 aliphatic rings. The Morgan fingerprint density at radius 3 is 2.89 bits per heavy atom. The second kappa shape index (κ2) is 8.41. The van der Waals surface area contributed by atoms with Gasteiger partial charge in [0, 0.05) is 25.8 Å². The van der Waals surface area contributed by atoms with Crippen LogP contribution in [-0.4, -0.2) is 27.6 Å². The maximum absolute atomic E-state index is 12.0. The SMILES string of the molecule is O=C(CCc1nc(-c2cccs2)no1)NCCCc1nc2ccccc2s1. The highest BCUT2D eigenvalue weighted by molar-refractivity contribution is 7.18. The molecular weight excluding hydrogens is 380 g/mol. The van der Waals surface area contributed by atoms with Gasteiger partial charge in [-0.2, -0.15) is 4.98 Å². The average molecular weight is 399 g/mol. The summed E-state index contributed by atoms with van der Waals surface area (Å²) in [5.41, 5.74) is 1.04. The minimum Gasteiger partial charge on any atom is -0.356 e. The Morgan fingerprint density at radius 1 is 1.11 bits per heavy atom. The van der Waals surface area contributed by atoms with Crippen molar-refractivity contribution in [1.82, 2.24) is 20.4 Å². The molecule has 0 aliphatic carbocycles. The van der Waals surface area contributed by atoms with Crippen molar-refractivity contribution in [3.8, 4) is 10.7 Å². The molecule has 3 heterocycles. The molecule has 4 rings (SSSR count). The molecule has 0 spiro atoms. The molecule has 3 aromatic heterocycles. The van der Waals surface area contributed by atoms with E-state index in [2.05, 4.69) is 26.5 Å². The van der Waals surface area contributed by atoms with Crippen LogP contribution in [0.25, 0.3) is 20.9 Å². The maximum Gasteiger partial charge on any atom is 0.227 e. The first-order chi connectivity index (χ1) is 13.3. The summed E-state index contributed by atoms with van der Waals surface area (Å²) in [5, 5.41) is 9.97. The van der Waals surface area contributed by atoms with Crippen LogP contribution in [0, 0.1) is 0 Å². The molecule has 0 fully saturated rings. The number of fused-ring (bicyclic) bond motifs is 1. The monoisotopic (exact) mass is 398 g/mol. The van der Waals surface area contributed by atoms with Gasteiger partial charge in [0.15, 0.2) is 0 Å². The molecule has 4 aromatic rings. The number of aryl methyl sites for hydroxylation is 2. The highest BCUT2D eigenvalue weighted by Gasteiger charge is 2.11. The number of benzene rings is 1. The van der Waals surface area contributed by atoms with Gasteiger partial charge in [-0.05, 0) is 30.0 Å². The highest BCUT2D eigenvalue weighted by Crippen LogP contribution is 2.22. The van der Waals surface area contributed by atoms with E-state index in [9.17, 15) is 4.79 Å². The van der Waals surface area contributed by atoms with Crippen LogP contribution < -0.4 is 5.32 Å². The van der Waals surface area contributed by atoms with Crippen molar-refractivity contribution in [1.29, 1.82) is 0 Å². The molecule has 1 N–H and O–H groups in total. The Labute approximate surface area is 164 Å². The predicted octanol–water partition coefficient (Wildman–Crippen LogP) is 4.09.